The Labute approximate surface area is 242 Å². The van der Waals surface area contributed by atoms with Crippen molar-refractivity contribution in [2.45, 2.75) is 58.5 Å². The Morgan fingerprint density at radius 3 is 2.48 bits per heavy atom. The average molecular weight is 585 g/mol. The predicted octanol–water partition coefficient (Wildman–Crippen LogP) is 6.22. The van der Waals surface area contributed by atoms with Gasteiger partial charge < -0.3 is 24.6 Å². The van der Waals surface area contributed by atoms with E-state index in [0.717, 1.165) is 5.56 Å². The molecule has 0 bridgehead atoms. The highest BCUT2D eigenvalue weighted by Gasteiger charge is 2.39. The Hall–Kier alpha value is -4.19. The van der Waals surface area contributed by atoms with E-state index in [1.165, 1.54) is 18.3 Å². The number of pyridine rings is 3. The van der Waals surface area contributed by atoms with Crippen molar-refractivity contribution in [3.05, 3.63) is 65.6 Å². The minimum absolute atomic E-state index is 0.125. The number of hydrogen-bond acceptors (Lipinski definition) is 10. The lowest BCUT2D eigenvalue weighted by molar-refractivity contribution is -0.160. The molecule has 0 aromatic carbocycles. The van der Waals surface area contributed by atoms with E-state index in [0.29, 0.717) is 48.5 Å². The van der Waals surface area contributed by atoms with E-state index in [4.69, 9.17) is 4.74 Å². The van der Waals surface area contributed by atoms with Crippen LogP contribution < -0.4 is 5.32 Å². The largest absolute Gasteiger partial charge is 0.511 e. The molecule has 3 aromatic rings. The molecule has 1 aliphatic carbocycles. The normalized spacial score (nSPS) is 18.2. The summed E-state index contributed by atoms with van der Waals surface area (Å²) in [5, 5.41) is 14.4. The molecule has 3 heterocycles. The van der Waals surface area contributed by atoms with Crippen molar-refractivity contribution >= 4 is 23.8 Å². The average Bonchev–Trinajstić information content (AvgIpc) is 2.97. The number of alkyl halides is 2. The quantitative estimate of drug-likeness (QED) is 0.209. The van der Waals surface area contributed by atoms with Crippen molar-refractivity contribution in [1.82, 2.24) is 15.0 Å². The third-order valence-corrected chi connectivity index (χ3v) is 7.34. The third-order valence-electron chi connectivity index (χ3n) is 7.34. The fraction of sp³-hybridized carbons (Fsp3) is 0.433. The standard InChI is InChI=1S/C30H34F2N4O6/c1-4-40-29(38)42-17-41-28(37)19-5-8-22(9-6-19)30(3,39)24-10-7-21(16-34-24)23-13-18(2)14-26(35-23)36-25-15-20(27(31)32)11-12-33-25/h7,10-16,19,22,27,39H,4-6,8-9,17H2,1-3H3,(H,33,35,36). The molecule has 224 valence electrons. The van der Waals surface area contributed by atoms with E-state index in [-0.39, 0.29) is 29.8 Å². The molecule has 10 nitrogen and oxygen atoms in total. The van der Waals surface area contributed by atoms with Gasteiger partial charge in [-0.3, -0.25) is 9.78 Å². The number of nitrogens with zero attached hydrogens (tertiary/aromatic N) is 3. The maximum Gasteiger partial charge on any atom is 0.511 e. The molecule has 12 heteroatoms. The fourth-order valence-electron chi connectivity index (χ4n) is 5.02. The molecule has 0 radical (unpaired) electrons. The van der Waals surface area contributed by atoms with E-state index in [9.17, 15) is 23.5 Å². The summed E-state index contributed by atoms with van der Waals surface area (Å²) >= 11 is 0. The molecule has 42 heavy (non-hydrogen) atoms. The van der Waals surface area contributed by atoms with Gasteiger partial charge in [-0.25, -0.2) is 23.5 Å². The summed E-state index contributed by atoms with van der Waals surface area (Å²) < 4.78 is 40.5. The number of aryl methyl sites for hydroxylation is 1. The number of aliphatic hydroxyl groups is 1. The van der Waals surface area contributed by atoms with Gasteiger partial charge in [-0.2, -0.15) is 0 Å². The van der Waals surface area contributed by atoms with Gasteiger partial charge in [0.1, 0.15) is 17.2 Å². The highest BCUT2D eigenvalue weighted by molar-refractivity contribution is 5.72. The number of esters is 1. The van der Waals surface area contributed by atoms with Crippen LogP contribution >= 0.6 is 0 Å². The Kier molecular flexibility index (Phi) is 10.00. The molecule has 1 atom stereocenters. The molecular weight excluding hydrogens is 550 g/mol. The Bertz CT molecular complexity index is 1380. The second-order valence-corrected chi connectivity index (χ2v) is 10.4. The van der Waals surface area contributed by atoms with Gasteiger partial charge in [0.05, 0.1) is 23.9 Å². The van der Waals surface area contributed by atoms with Crippen molar-refractivity contribution in [2.24, 2.45) is 11.8 Å². The van der Waals surface area contributed by atoms with Crippen molar-refractivity contribution in [3.8, 4) is 11.3 Å². The van der Waals surface area contributed by atoms with Crippen LogP contribution in [0.1, 0.15) is 62.8 Å². The van der Waals surface area contributed by atoms with Crippen LogP contribution in [0.5, 0.6) is 0 Å². The molecule has 0 amide bonds. The number of ether oxygens (including phenoxy) is 3. The zero-order valence-electron chi connectivity index (χ0n) is 23.7. The highest BCUT2D eigenvalue weighted by atomic mass is 19.3. The second kappa shape index (κ2) is 13.6. The first-order valence-electron chi connectivity index (χ1n) is 13.7. The summed E-state index contributed by atoms with van der Waals surface area (Å²) in [6.45, 7) is 4.92. The van der Waals surface area contributed by atoms with Crippen molar-refractivity contribution in [1.29, 1.82) is 0 Å². The molecule has 0 spiro atoms. The molecule has 1 unspecified atom stereocenters. The Balaban J connectivity index is 1.37. The van der Waals surface area contributed by atoms with Crippen LogP contribution in [0.15, 0.2) is 48.8 Å². The first kappa shape index (κ1) is 30.8. The molecule has 4 rings (SSSR count). The first-order valence-corrected chi connectivity index (χ1v) is 13.7. The minimum Gasteiger partial charge on any atom is -0.435 e. The number of anilines is 2. The van der Waals surface area contributed by atoms with Crippen LogP contribution in [0.2, 0.25) is 0 Å². The summed E-state index contributed by atoms with van der Waals surface area (Å²) in [7, 11) is 0. The smallest absolute Gasteiger partial charge is 0.435 e. The number of rotatable bonds is 10. The lowest BCUT2D eigenvalue weighted by Gasteiger charge is -2.37. The number of aromatic nitrogens is 3. The summed E-state index contributed by atoms with van der Waals surface area (Å²) in [5.41, 5.74) is 1.36. The molecule has 3 aromatic heterocycles. The lowest BCUT2D eigenvalue weighted by atomic mass is 9.73. The molecule has 1 fully saturated rings. The van der Waals surface area contributed by atoms with Crippen molar-refractivity contribution in [2.75, 3.05) is 18.7 Å². The number of hydrogen-bond donors (Lipinski definition) is 2. The maximum atomic E-state index is 13.1. The van der Waals surface area contributed by atoms with Gasteiger partial charge in [0.2, 0.25) is 6.79 Å². The highest BCUT2D eigenvalue weighted by Crippen LogP contribution is 2.41. The van der Waals surface area contributed by atoms with Crippen molar-refractivity contribution in [3.63, 3.8) is 0 Å². The van der Waals surface area contributed by atoms with E-state index in [1.807, 2.05) is 19.1 Å². The first-order chi connectivity index (χ1) is 20.1. The topological polar surface area (TPSA) is 133 Å². The number of halogens is 2. The van der Waals surface area contributed by atoms with E-state index >= 15 is 0 Å². The van der Waals surface area contributed by atoms with Crippen LogP contribution in [0.3, 0.4) is 0 Å². The molecular formula is C30H34F2N4O6. The van der Waals surface area contributed by atoms with Gasteiger partial charge in [-0.1, -0.05) is 0 Å². The molecule has 0 aliphatic heterocycles. The van der Waals surface area contributed by atoms with E-state index in [1.54, 1.807) is 32.2 Å². The van der Waals surface area contributed by atoms with Gasteiger partial charge in [0.25, 0.3) is 6.43 Å². The van der Waals surface area contributed by atoms with Gasteiger partial charge in [0, 0.05) is 23.5 Å². The molecule has 1 saturated carbocycles. The van der Waals surface area contributed by atoms with Crippen LogP contribution in [0, 0.1) is 18.8 Å². The molecule has 2 N–H and O–H groups in total. The Morgan fingerprint density at radius 1 is 1.05 bits per heavy atom. The molecule has 1 aliphatic rings. The monoisotopic (exact) mass is 584 g/mol. The second-order valence-electron chi connectivity index (χ2n) is 10.4. The maximum absolute atomic E-state index is 13.1. The van der Waals surface area contributed by atoms with Gasteiger partial charge in [-0.05, 0) is 94.3 Å². The lowest BCUT2D eigenvalue weighted by Crippen LogP contribution is -2.37. The van der Waals surface area contributed by atoms with Crippen LogP contribution in [-0.2, 0) is 24.6 Å². The Morgan fingerprint density at radius 2 is 1.81 bits per heavy atom. The summed E-state index contributed by atoms with van der Waals surface area (Å²) in [6, 6.07) is 9.79. The zero-order valence-corrected chi connectivity index (χ0v) is 23.7. The third kappa shape index (κ3) is 7.75. The van der Waals surface area contributed by atoms with E-state index in [2.05, 4.69) is 29.7 Å². The number of carbonyl (C=O) groups excluding carboxylic acids is 2. The number of carbonyl (C=O) groups is 2. The predicted molar refractivity (Wildman–Crippen MR) is 149 cm³/mol. The zero-order chi connectivity index (χ0) is 30.3. The SMILES string of the molecule is CCOC(=O)OCOC(=O)C1CCC(C(C)(O)c2ccc(-c3cc(C)cc(Nc4cc(C(F)F)ccn4)n3)cn2)CC1. The fourth-order valence-corrected chi connectivity index (χ4v) is 5.02. The summed E-state index contributed by atoms with van der Waals surface area (Å²) in [5.74, 6) is -0.213. The minimum atomic E-state index is -2.60. The van der Waals surface area contributed by atoms with Gasteiger partial charge >= 0.3 is 12.1 Å². The van der Waals surface area contributed by atoms with Gasteiger partial charge in [-0.15, -0.1) is 0 Å². The van der Waals surface area contributed by atoms with E-state index < -0.39 is 30.9 Å². The van der Waals surface area contributed by atoms with Crippen LogP contribution in [0.4, 0.5) is 25.2 Å². The number of nitrogens with one attached hydrogen (secondary N) is 1. The molecule has 0 saturated heterocycles. The van der Waals surface area contributed by atoms with Crippen LogP contribution in [-0.4, -0.2) is 45.6 Å². The van der Waals surface area contributed by atoms with Crippen molar-refractivity contribution < 1.29 is 37.7 Å². The summed E-state index contributed by atoms with van der Waals surface area (Å²) in [4.78, 5) is 36.8. The van der Waals surface area contributed by atoms with Gasteiger partial charge in [0.15, 0.2) is 0 Å². The summed E-state index contributed by atoms with van der Waals surface area (Å²) in [6.07, 6.45) is 1.67. The van der Waals surface area contributed by atoms with Crippen LogP contribution in [0.25, 0.3) is 11.3 Å².